The van der Waals surface area contributed by atoms with Gasteiger partial charge in [0.2, 0.25) is 5.91 Å². The van der Waals surface area contributed by atoms with Crippen LogP contribution in [0, 0.1) is 12.3 Å². The predicted molar refractivity (Wildman–Crippen MR) is 98.5 cm³/mol. The lowest BCUT2D eigenvalue weighted by Gasteiger charge is -2.17. The van der Waals surface area contributed by atoms with Gasteiger partial charge in [-0.25, -0.2) is 0 Å². The number of rotatable bonds is 4. The van der Waals surface area contributed by atoms with Crippen molar-refractivity contribution < 1.29 is 14.7 Å². The van der Waals surface area contributed by atoms with E-state index in [-0.39, 0.29) is 17.6 Å². The Bertz CT molecular complexity index is 775. The second kappa shape index (κ2) is 7.38. The van der Waals surface area contributed by atoms with Gasteiger partial charge in [-0.1, -0.05) is 39.0 Å². The Balaban J connectivity index is 1.98. The van der Waals surface area contributed by atoms with Gasteiger partial charge in [-0.3, -0.25) is 9.59 Å². The average Bonchev–Trinajstić information content (AvgIpc) is 2.55. The van der Waals surface area contributed by atoms with Crippen LogP contribution >= 0.6 is 0 Å². The highest BCUT2D eigenvalue weighted by Crippen LogP contribution is 2.21. The van der Waals surface area contributed by atoms with Crippen LogP contribution in [0.25, 0.3) is 0 Å². The molecule has 25 heavy (non-hydrogen) atoms. The number of benzene rings is 2. The third kappa shape index (κ3) is 5.08. The smallest absolute Gasteiger partial charge is 0.255 e. The van der Waals surface area contributed by atoms with Crippen LogP contribution in [0.3, 0.4) is 0 Å². The van der Waals surface area contributed by atoms with Crippen LogP contribution in [0.2, 0.25) is 0 Å². The Labute approximate surface area is 148 Å². The molecule has 0 aliphatic carbocycles. The number of carbonyl (C=O) groups is 2. The van der Waals surface area contributed by atoms with E-state index in [9.17, 15) is 14.7 Å². The van der Waals surface area contributed by atoms with Crippen molar-refractivity contribution in [2.45, 2.75) is 34.2 Å². The molecule has 0 saturated carbocycles. The number of anilines is 1. The van der Waals surface area contributed by atoms with Gasteiger partial charge < -0.3 is 15.7 Å². The molecular weight excluding hydrogens is 316 g/mol. The second-order valence-corrected chi connectivity index (χ2v) is 7.08. The predicted octanol–water partition coefficient (Wildman–Crippen LogP) is 3.62. The van der Waals surface area contributed by atoms with Crippen molar-refractivity contribution in [3.05, 3.63) is 59.2 Å². The van der Waals surface area contributed by atoms with Gasteiger partial charge >= 0.3 is 0 Å². The Hall–Kier alpha value is -2.82. The van der Waals surface area contributed by atoms with Gasteiger partial charge in [0.25, 0.3) is 5.91 Å². The third-order valence-electron chi connectivity index (χ3n) is 3.82. The van der Waals surface area contributed by atoms with Crippen molar-refractivity contribution in [3.8, 4) is 5.75 Å². The van der Waals surface area contributed by atoms with Crippen molar-refractivity contribution in [2.24, 2.45) is 5.41 Å². The molecule has 5 nitrogen and oxygen atoms in total. The molecule has 2 aromatic carbocycles. The number of amides is 2. The maximum Gasteiger partial charge on any atom is 0.255 e. The number of carbonyl (C=O) groups excluding carboxylic acids is 2. The van der Waals surface area contributed by atoms with Crippen LogP contribution in [-0.2, 0) is 11.3 Å². The normalized spacial score (nSPS) is 11.0. The molecule has 0 saturated heterocycles. The van der Waals surface area contributed by atoms with Crippen LogP contribution in [0.5, 0.6) is 5.75 Å². The number of nitrogens with one attached hydrogen (secondary N) is 2. The van der Waals surface area contributed by atoms with Crippen LogP contribution < -0.4 is 10.6 Å². The summed E-state index contributed by atoms with van der Waals surface area (Å²) in [6.07, 6.45) is 0. The maximum absolute atomic E-state index is 12.3. The fraction of sp³-hybridized carbons (Fsp3) is 0.300. The lowest BCUT2D eigenvalue weighted by molar-refractivity contribution is -0.128. The standard InChI is InChI=1S/C20H24N2O3/c1-13-5-10-16(11-17(13)23)22-18(24)15-8-6-14(7-9-15)12-21-19(25)20(2,3)4/h5-11,23H,12H2,1-4H3,(H,21,25)(H,22,24). The summed E-state index contributed by atoms with van der Waals surface area (Å²) >= 11 is 0. The summed E-state index contributed by atoms with van der Waals surface area (Å²) in [7, 11) is 0. The maximum atomic E-state index is 12.3. The van der Waals surface area contributed by atoms with Gasteiger partial charge in [-0.15, -0.1) is 0 Å². The summed E-state index contributed by atoms with van der Waals surface area (Å²) in [5, 5.41) is 15.3. The molecule has 0 fully saturated rings. The molecule has 2 amide bonds. The molecule has 132 valence electrons. The number of phenolic OH excluding ortho intramolecular Hbond substituents is 1. The zero-order chi connectivity index (χ0) is 18.6. The van der Waals surface area contributed by atoms with Crippen molar-refractivity contribution in [3.63, 3.8) is 0 Å². The summed E-state index contributed by atoms with van der Waals surface area (Å²) < 4.78 is 0. The number of phenols is 1. The second-order valence-electron chi connectivity index (χ2n) is 7.08. The largest absolute Gasteiger partial charge is 0.508 e. The van der Waals surface area contributed by atoms with Gasteiger partial charge in [0.1, 0.15) is 5.75 Å². The van der Waals surface area contributed by atoms with Crippen LogP contribution in [0.1, 0.15) is 42.3 Å². The molecule has 0 aromatic heterocycles. The lowest BCUT2D eigenvalue weighted by atomic mass is 9.95. The molecule has 0 aliphatic heterocycles. The highest BCUT2D eigenvalue weighted by Gasteiger charge is 2.20. The Morgan fingerprint density at radius 1 is 1.04 bits per heavy atom. The highest BCUT2D eigenvalue weighted by molar-refractivity contribution is 6.04. The van der Waals surface area contributed by atoms with Gasteiger partial charge in [-0.05, 0) is 36.2 Å². The third-order valence-corrected chi connectivity index (χ3v) is 3.82. The van der Waals surface area contributed by atoms with Gasteiger partial charge in [0, 0.05) is 29.3 Å². The first-order valence-electron chi connectivity index (χ1n) is 8.15. The highest BCUT2D eigenvalue weighted by atomic mass is 16.3. The first kappa shape index (κ1) is 18.5. The molecule has 0 aliphatic rings. The summed E-state index contributed by atoms with van der Waals surface area (Å²) in [4.78, 5) is 24.1. The van der Waals surface area contributed by atoms with E-state index in [1.165, 1.54) is 6.07 Å². The zero-order valence-electron chi connectivity index (χ0n) is 15.0. The summed E-state index contributed by atoms with van der Waals surface area (Å²) in [5.74, 6) is -0.134. The molecule has 0 heterocycles. The quantitative estimate of drug-likeness (QED) is 0.795. The minimum absolute atomic E-state index is 0.0199. The van der Waals surface area contributed by atoms with Crippen molar-refractivity contribution in [2.75, 3.05) is 5.32 Å². The average molecular weight is 340 g/mol. The molecule has 0 bridgehead atoms. The minimum atomic E-state index is -0.431. The number of hydrogen-bond donors (Lipinski definition) is 3. The molecule has 0 unspecified atom stereocenters. The number of hydrogen-bond acceptors (Lipinski definition) is 3. The molecule has 0 radical (unpaired) electrons. The SMILES string of the molecule is Cc1ccc(NC(=O)c2ccc(CNC(=O)C(C)(C)C)cc2)cc1O. The Kier molecular flexibility index (Phi) is 5.47. The first-order valence-corrected chi connectivity index (χ1v) is 8.15. The lowest BCUT2D eigenvalue weighted by Crippen LogP contribution is -2.34. The summed E-state index contributed by atoms with van der Waals surface area (Å²) in [5.41, 5.74) is 2.28. The van der Waals surface area contributed by atoms with E-state index in [2.05, 4.69) is 10.6 Å². The molecular formula is C20H24N2O3. The summed E-state index contributed by atoms with van der Waals surface area (Å²) in [6, 6.07) is 12.0. The molecule has 0 spiro atoms. The van der Waals surface area contributed by atoms with Crippen LogP contribution in [0.4, 0.5) is 5.69 Å². The molecule has 2 aromatic rings. The first-order chi connectivity index (χ1) is 11.7. The number of aromatic hydroxyl groups is 1. The fourth-order valence-electron chi connectivity index (χ4n) is 2.11. The Morgan fingerprint density at radius 3 is 2.24 bits per heavy atom. The number of aryl methyl sites for hydroxylation is 1. The van der Waals surface area contributed by atoms with Crippen LogP contribution in [0.15, 0.2) is 42.5 Å². The molecule has 0 atom stereocenters. The van der Waals surface area contributed by atoms with E-state index in [0.29, 0.717) is 17.8 Å². The van der Waals surface area contributed by atoms with Crippen molar-refractivity contribution >= 4 is 17.5 Å². The van der Waals surface area contributed by atoms with E-state index >= 15 is 0 Å². The van der Waals surface area contributed by atoms with E-state index in [0.717, 1.165) is 11.1 Å². The van der Waals surface area contributed by atoms with Crippen molar-refractivity contribution in [1.29, 1.82) is 0 Å². The van der Waals surface area contributed by atoms with Crippen molar-refractivity contribution in [1.82, 2.24) is 5.32 Å². The fourth-order valence-corrected chi connectivity index (χ4v) is 2.11. The van der Waals surface area contributed by atoms with Gasteiger partial charge in [-0.2, -0.15) is 0 Å². The zero-order valence-corrected chi connectivity index (χ0v) is 15.0. The molecule has 2 rings (SSSR count). The minimum Gasteiger partial charge on any atom is -0.508 e. The molecule has 5 heteroatoms. The topological polar surface area (TPSA) is 78.4 Å². The van der Waals surface area contributed by atoms with Gasteiger partial charge in [0.15, 0.2) is 0 Å². The van der Waals surface area contributed by atoms with E-state index in [1.54, 1.807) is 31.2 Å². The van der Waals surface area contributed by atoms with E-state index in [1.807, 2.05) is 32.9 Å². The van der Waals surface area contributed by atoms with Gasteiger partial charge in [0.05, 0.1) is 0 Å². The van der Waals surface area contributed by atoms with E-state index < -0.39 is 5.41 Å². The summed E-state index contributed by atoms with van der Waals surface area (Å²) in [6.45, 7) is 7.79. The molecule has 3 N–H and O–H groups in total. The monoisotopic (exact) mass is 340 g/mol. The Morgan fingerprint density at radius 2 is 1.68 bits per heavy atom. The van der Waals surface area contributed by atoms with Crippen LogP contribution in [-0.4, -0.2) is 16.9 Å². The van der Waals surface area contributed by atoms with E-state index in [4.69, 9.17) is 0 Å².